The van der Waals surface area contributed by atoms with Gasteiger partial charge in [-0.1, -0.05) is 71.3 Å². The van der Waals surface area contributed by atoms with Gasteiger partial charge in [0.1, 0.15) is 57.5 Å². The predicted molar refractivity (Wildman–Crippen MR) is 243 cm³/mol. The topological polar surface area (TPSA) is 222 Å². The number of nitrogens with one attached hydrogen (secondary N) is 2. The van der Waals surface area contributed by atoms with Crippen LogP contribution in [0.1, 0.15) is 115 Å². The maximum atomic E-state index is 14.0. The smallest absolute Gasteiger partial charge is 0.350 e. The van der Waals surface area contributed by atoms with Crippen LogP contribution in [-0.4, -0.2) is 146 Å². The number of hydrogen-bond acceptors (Lipinski definition) is 15. The summed E-state index contributed by atoms with van der Waals surface area (Å²) in [5, 5.41) is 11.8. The van der Waals surface area contributed by atoms with Crippen molar-refractivity contribution < 1.29 is 67.1 Å². The van der Waals surface area contributed by atoms with Gasteiger partial charge in [0, 0.05) is 24.2 Å². The number of benzene rings is 1. The zero-order valence-corrected chi connectivity index (χ0v) is 39.4. The number of ether oxygens (including phenoxy) is 7. The second kappa shape index (κ2) is 37.6. The lowest BCUT2D eigenvalue weighted by molar-refractivity contribution is -0.150. The van der Waals surface area contributed by atoms with Crippen molar-refractivity contribution in [2.45, 2.75) is 130 Å². The van der Waals surface area contributed by atoms with E-state index >= 15 is 0 Å². The van der Waals surface area contributed by atoms with E-state index in [1.165, 1.54) is 51.4 Å². The summed E-state index contributed by atoms with van der Waals surface area (Å²) in [4.78, 5) is 55.1. The monoisotopic (exact) mass is 914 g/mol. The molecule has 0 aliphatic heterocycles. The summed E-state index contributed by atoms with van der Waals surface area (Å²) in [5.41, 5.74) is 4.87. The molecule has 0 saturated carbocycles. The van der Waals surface area contributed by atoms with Gasteiger partial charge in [0.2, 0.25) is 0 Å². The van der Waals surface area contributed by atoms with Crippen molar-refractivity contribution in [3.05, 3.63) is 42.0 Å². The number of carboxylic acid groups (broad SMARTS) is 1. The summed E-state index contributed by atoms with van der Waals surface area (Å²) < 4.78 is 40.2. The third-order valence-corrected chi connectivity index (χ3v) is 10.2. The number of amides is 1. The number of hydroxylamine groups is 1. The summed E-state index contributed by atoms with van der Waals surface area (Å²) in [7, 11) is 0. The Morgan fingerprint density at radius 3 is 1.91 bits per heavy atom. The number of carbonyl (C=O) groups excluding carboxylic acids is 3. The zero-order valence-electron chi connectivity index (χ0n) is 39.4. The van der Waals surface area contributed by atoms with Crippen molar-refractivity contribution in [3.8, 4) is 0 Å². The van der Waals surface area contributed by atoms with Gasteiger partial charge in [-0.3, -0.25) is 14.1 Å². The molecule has 368 valence electrons. The quantitative estimate of drug-likeness (QED) is 0.0165. The van der Waals surface area contributed by atoms with Crippen molar-refractivity contribution in [1.82, 2.24) is 15.3 Å². The van der Waals surface area contributed by atoms with Gasteiger partial charge >= 0.3 is 18.4 Å². The first kappa shape index (κ1) is 58.5. The van der Waals surface area contributed by atoms with E-state index in [1.807, 2.05) is 45.9 Å². The van der Waals surface area contributed by atoms with Crippen LogP contribution in [-0.2, 0) is 63.6 Å². The highest BCUT2D eigenvalue weighted by Crippen LogP contribution is 2.30. The lowest BCUT2D eigenvalue weighted by Crippen LogP contribution is -2.57. The Hall–Kier alpha value is -3.56. The molecule has 0 fully saturated rings. The molecular formula is C46H81N4O14+. The Morgan fingerprint density at radius 2 is 1.33 bits per heavy atom. The molecule has 5 unspecified atom stereocenters. The Kier molecular flexibility index (Phi) is 34.4. The minimum absolute atomic E-state index is 0.0153. The van der Waals surface area contributed by atoms with Gasteiger partial charge in [0.25, 0.3) is 5.91 Å². The highest BCUT2D eigenvalue weighted by Gasteiger charge is 2.35. The molecule has 1 amide bonds. The predicted octanol–water partition coefficient (Wildman–Crippen LogP) is 5.18. The highest BCUT2D eigenvalue weighted by atomic mass is 16.7. The fourth-order valence-corrected chi connectivity index (χ4v) is 7.12. The molecule has 18 nitrogen and oxygen atoms in total. The number of carboxylic acids is 1. The van der Waals surface area contributed by atoms with Crippen LogP contribution in [0.4, 0.5) is 5.69 Å². The average molecular weight is 914 g/mol. The standard InChI is InChI=1S/C46H80N4O14/c1-7-9-10-11-12-13-14-15-16-17-18-41-26-42(46(55)48-29-37(3)62-32-40(6)61-24-20-56-33-44(52)53)28-43(27-41)50(19-8-2,30-38(4)59-23-21-57-34-45(54)64-47)31-39(5)60-25-22-58-35-49-63-36-51/h8,26-28,36-40,49H,2,7,9-25,29-35,47H2,1,3-6H3,(H-,48,52,53,55)/p+1. The number of aliphatic carboxylic acids is 1. The number of unbranched alkanes of at least 4 members (excludes halogenated alkanes) is 9. The van der Waals surface area contributed by atoms with Crippen molar-refractivity contribution in [2.75, 3.05) is 92.4 Å². The molecule has 0 bridgehead atoms. The van der Waals surface area contributed by atoms with E-state index in [4.69, 9.17) is 44.2 Å². The van der Waals surface area contributed by atoms with Crippen molar-refractivity contribution in [3.63, 3.8) is 0 Å². The Bertz CT molecular complexity index is 1410. The third kappa shape index (κ3) is 29.1. The molecule has 1 aromatic rings. The molecule has 0 saturated heterocycles. The zero-order chi connectivity index (χ0) is 47.3. The Balaban J connectivity index is 3.32. The van der Waals surface area contributed by atoms with Gasteiger partial charge < -0.3 is 53.3 Å². The van der Waals surface area contributed by atoms with Crippen LogP contribution in [0.15, 0.2) is 30.9 Å². The normalized spacial score (nSPS) is 14.2. The summed E-state index contributed by atoms with van der Waals surface area (Å²) in [6, 6.07) is 6.11. The van der Waals surface area contributed by atoms with E-state index in [-0.39, 0.29) is 110 Å². The van der Waals surface area contributed by atoms with Crippen LogP contribution >= 0.6 is 0 Å². The molecule has 0 aliphatic carbocycles. The van der Waals surface area contributed by atoms with Gasteiger partial charge in [-0.25, -0.2) is 9.59 Å². The maximum Gasteiger partial charge on any atom is 0.350 e. The first-order chi connectivity index (χ1) is 30.9. The number of aryl methyl sites for hydroxylation is 1. The molecule has 18 heteroatoms. The number of carbonyl (C=O) groups is 4. The molecule has 1 rings (SSSR count). The molecule has 1 aromatic carbocycles. The molecule has 0 heterocycles. The van der Waals surface area contributed by atoms with Gasteiger partial charge in [-0.2, -0.15) is 5.90 Å². The van der Waals surface area contributed by atoms with Gasteiger partial charge in [0.05, 0.1) is 58.5 Å². The number of nitrogens with two attached hydrogens (primary N) is 1. The van der Waals surface area contributed by atoms with E-state index in [9.17, 15) is 19.2 Å². The fraction of sp³-hybridized carbons (Fsp3) is 0.739. The van der Waals surface area contributed by atoms with Crippen LogP contribution in [0.3, 0.4) is 0 Å². The van der Waals surface area contributed by atoms with Gasteiger partial charge in [0.15, 0.2) is 0 Å². The summed E-state index contributed by atoms with van der Waals surface area (Å²) in [6.07, 6.45) is 13.7. The van der Waals surface area contributed by atoms with Crippen LogP contribution in [0.2, 0.25) is 0 Å². The molecule has 0 aliphatic rings. The van der Waals surface area contributed by atoms with E-state index < -0.39 is 11.9 Å². The average Bonchev–Trinajstić information content (AvgIpc) is 3.27. The molecule has 0 radical (unpaired) electrons. The third-order valence-electron chi connectivity index (χ3n) is 10.2. The van der Waals surface area contributed by atoms with Crippen molar-refractivity contribution >= 4 is 30.0 Å². The maximum absolute atomic E-state index is 14.0. The van der Waals surface area contributed by atoms with Gasteiger partial charge in [-0.05, 0) is 58.2 Å². The Labute approximate surface area is 381 Å². The first-order valence-electron chi connectivity index (χ1n) is 22.9. The second-order valence-electron chi connectivity index (χ2n) is 16.1. The number of hydrogen-bond donors (Lipinski definition) is 4. The Morgan fingerprint density at radius 1 is 0.750 bits per heavy atom. The van der Waals surface area contributed by atoms with E-state index in [2.05, 4.69) is 40.0 Å². The number of quaternary nitrogens is 1. The van der Waals surface area contributed by atoms with Crippen LogP contribution in [0.25, 0.3) is 0 Å². The molecule has 64 heavy (non-hydrogen) atoms. The second-order valence-corrected chi connectivity index (χ2v) is 16.1. The molecule has 5 N–H and O–H groups in total. The van der Waals surface area contributed by atoms with Crippen molar-refractivity contribution in [2.24, 2.45) is 5.90 Å². The largest absolute Gasteiger partial charge is 0.480 e. The molecule has 0 spiro atoms. The lowest BCUT2D eigenvalue weighted by Gasteiger charge is -2.41. The number of rotatable bonds is 44. The number of nitrogens with zero attached hydrogens (tertiary/aromatic N) is 1. The van der Waals surface area contributed by atoms with Crippen molar-refractivity contribution in [1.29, 1.82) is 0 Å². The van der Waals surface area contributed by atoms with Crippen LogP contribution in [0, 0.1) is 0 Å². The minimum Gasteiger partial charge on any atom is -0.480 e. The SMILES string of the molecule is C=CC[N+](CC(C)OCCOCNOC=O)(CC(C)OCCOCC(=O)ON)c1cc(CCCCCCCCCCCC)cc(C(=O)NCC(C)OCC(C)OCCOCC(=O)O)c1. The lowest BCUT2D eigenvalue weighted by atomic mass is 9.99. The van der Waals surface area contributed by atoms with Crippen LogP contribution < -0.4 is 21.2 Å². The molecule has 5 atom stereocenters. The van der Waals surface area contributed by atoms with E-state index in [0.717, 1.165) is 30.5 Å². The van der Waals surface area contributed by atoms with E-state index in [1.54, 1.807) is 0 Å². The van der Waals surface area contributed by atoms with Gasteiger partial charge in [-0.15, -0.1) is 5.48 Å². The minimum atomic E-state index is -1.04. The van der Waals surface area contributed by atoms with E-state index in [0.29, 0.717) is 29.7 Å². The molecular weight excluding hydrogens is 833 g/mol. The highest BCUT2D eigenvalue weighted by molar-refractivity contribution is 5.95. The van der Waals surface area contributed by atoms with Crippen LogP contribution in [0.5, 0.6) is 0 Å². The summed E-state index contributed by atoms with van der Waals surface area (Å²) >= 11 is 0. The fourth-order valence-electron chi connectivity index (χ4n) is 7.12. The summed E-state index contributed by atoms with van der Waals surface area (Å²) in [5.74, 6) is 2.97. The molecule has 0 aromatic heterocycles. The first-order valence-corrected chi connectivity index (χ1v) is 22.9. The summed E-state index contributed by atoms with van der Waals surface area (Å²) in [6.45, 7) is 17.0.